The SMILES string of the molecule is c1ccc(C2=NC(c3c(-c4ccc5ccccc5c4)ccc4oc5ccccc5c34)NC(c3cccc4c3oc3ccccc34)N2)cc1. The molecule has 2 aromatic heterocycles. The van der Waals surface area contributed by atoms with Crippen molar-refractivity contribution in [1.82, 2.24) is 10.6 Å². The molecule has 3 heterocycles. The van der Waals surface area contributed by atoms with Crippen LogP contribution in [-0.4, -0.2) is 5.84 Å². The Balaban J connectivity index is 1.23. The lowest BCUT2D eigenvalue weighted by atomic mass is 9.91. The molecule has 7 aromatic carbocycles. The Hall–Kier alpha value is -6.17. The van der Waals surface area contributed by atoms with E-state index in [-0.39, 0.29) is 6.17 Å². The van der Waals surface area contributed by atoms with Crippen LogP contribution in [0.1, 0.15) is 29.0 Å². The Morgan fingerprint density at radius 1 is 0.521 bits per heavy atom. The normalized spacial score (nSPS) is 16.5. The van der Waals surface area contributed by atoms with Gasteiger partial charge in [0.05, 0.1) is 0 Å². The number of nitrogens with zero attached hydrogens (tertiary/aromatic N) is 1. The highest BCUT2D eigenvalue weighted by atomic mass is 16.3. The van der Waals surface area contributed by atoms with Gasteiger partial charge in [0, 0.05) is 38.2 Å². The Labute approximate surface area is 276 Å². The summed E-state index contributed by atoms with van der Waals surface area (Å²) in [6.45, 7) is 0. The molecule has 2 N–H and O–H groups in total. The average molecular weight is 620 g/mol. The van der Waals surface area contributed by atoms with Gasteiger partial charge in [-0.1, -0.05) is 127 Å². The van der Waals surface area contributed by atoms with Crippen LogP contribution in [-0.2, 0) is 0 Å². The topological polar surface area (TPSA) is 62.7 Å². The Kier molecular flexibility index (Phi) is 6.01. The summed E-state index contributed by atoms with van der Waals surface area (Å²) < 4.78 is 13.0. The van der Waals surface area contributed by atoms with Gasteiger partial charge in [-0.15, -0.1) is 0 Å². The minimum Gasteiger partial charge on any atom is -0.456 e. The van der Waals surface area contributed by atoms with E-state index in [1.54, 1.807) is 0 Å². The van der Waals surface area contributed by atoms with E-state index in [1.807, 2.05) is 30.3 Å². The maximum absolute atomic E-state index is 6.53. The Morgan fingerprint density at radius 3 is 2.12 bits per heavy atom. The van der Waals surface area contributed by atoms with Gasteiger partial charge in [0.2, 0.25) is 0 Å². The highest BCUT2D eigenvalue weighted by molar-refractivity contribution is 6.10. The fourth-order valence-electron chi connectivity index (χ4n) is 7.34. The number of rotatable bonds is 4. The van der Waals surface area contributed by atoms with Crippen LogP contribution in [0.5, 0.6) is 0 Å². The molecule has 1 aliphatic rings. The van der Waals surface area contributed by atoms with Crippen LogP contribution < -0.4 is 10.6 Å². The van der Waals surface area contributed by atoms with Gasteiger partial charge in [0.15, 0.2) is 0 Å². The summed E-state index contributed by atoms with van der Waals surface area (Å²) >= 11 is 0. The number of aliphatic imine (C=N–C) groups is 1. The molecule has 0 radical (unpaired) electrons. The molecule has 2 unspecified atom stereocenters. The molecule has 5 nitrogen and oxygen atoms in total. The maximum Gasteiger partial charge on any atom is 0.142 e. The van der Waals surface area contributed by atoms with E-state index in [4.69, 9.17) is 13.8 Å². The molecule has 0 aliphatic carbocycles. The van der Waals surface area contributed by atoms with E-state index >= 15 is 0 Å². The average Bonchev–Trinajstić information content (AvgIpc) is 3.73. The van der Waals surface area contributed by atoms with Gasteiger partial charge < -0.3 is 14.2 Å². The van der Waals surface area contributed by atoms with E-state index in [0.717, 1.165) is 77.5 Å². The first-order valence-corrected chi connectivity index (χ1v) is 16.3. The zero-order chi connectivity index (χ0) is 31.6. The van der Waals surface area contributed by atoms with Gasteiger partial charge in [-0.3, -0.25) is 5.32 Å². The smallest absolute Gasteiger partial charge is 0.142 e. The van der Waals surface area contributed by atoms with Gasteiger partial charge in [-0.05, 0) is 46.2 Å². The first-order chi connectivity index (χ1) is 23.8. The number of hydrogen-bond acceptors (Lipinski definition) is 5. The molecule has 48 heavy (non-hydrogen) atoms. The molecule has 228 valence electrons. The molecule has 0 saturated heterocycles. The quantitative estimate of drug-likeness (QED) is 0.206. The second-order valence-electron chi connectivity index (χ2n) is 12.4. The minimum atomic E-state index is -0.419. The van der Waals surface area contributed by atoms with Crippen molar-refractivity contribution < 1.29 is 8.83 Å². The number of hydrogen-bond donors (Lipinski definition) is 2. The summed E-state index contributed by atoms with van der Waals surface area (Å²) in [6, 6.07) is 52.7. The molecule has 0 fully saturated rings. The van der Waals surface area contributed by atoms with Crippen molar-refractivity contribution in [3.8, 4) is 11.1 Å². The molecule has 1 aliphatic heterocycles. The fourth-order valence-corrected chi connectivity index (χ4v) is 7.34. The number of furan rings is 2. The predicted molar refractivity (Wildman–Crippen MR) is 195 cm³/mol. The molecule has 0 saturated carbocycles. The number of nitrogens with one attached hydrogen (secondary N) is 2. The third-order valence-electron chi connectivity index (χ3n) is 9.57. The second-order valence-corrected chi connectivity index (χ2v) is 12.4. The maximum atomic E-state index is 6.53. The highest BCUT2D eigenvalue weighted by Crippen LogP contribution is 2.43. The molecule has 0 amide bonds. The number of benzene rings is 7. The summed E-state index contributed by atoms with van der Waals surface area (Å²) in [7, 11) is 0. The first-order valence-electron chi connectivity index (χ1n) is 16.3. The fraction of sp³-hybridized carbons (Fsp3) is 0.0465. The monoisotopic (exact) mass is 619 g/mol. The zero-order valence-electron chi connectivity index (χ0n) is 25.9. The van der Waals surface area contributed by atoms with Crippen LogP contribution in [0.2, 0.25) is 0 Å². The standard InChI is InChI=1S/C43H29N3O2/c1-2-12-27(13-3-1)41-44-42(34-18-10-17-32-31-15-6-8-19-35(31)48-40(32)34)46-43(45-41)39-30(29-22-21-26-11-4-5-14-28(26)25-29)23-24-37-38(39)33-16-7-9-20-36(33)47-37/h1-25,42-43,46H,(H,44,45). The van der Waals surface area contributed by atoms with Crippen molar-refractivity contribution in [2.24, 2.45) is 4.99 Å². The van der Waals surface area contributed by atoms with Crippen LogP contribution in [0.3, 0.4) is 0 Å². The Morgan fingerprint density at radius 2 is 1.25 bits per heavy atom. The number of fused-ring (bicyclic) bond motifs is 7. The highest BCUT2D eigenvalue weighted by Gasteiger charge is 2.31. The molecular weight excluding hydrogens is 590 g/mol. The van der Waals surface area contributed by atoms with Crippen molar-refractivity contribution in [2.45, 2.75) is 12.3 Å². The largest absolute Gasteiger partial charge is 0.456 e. The molecule has 2 atom stereocenters. The number of amidine groups is 1. The Bertz CT molecular complexity index is 2700. The van der Waals surface area contributed by atoms with Crippen LogP contribution in [0, 0.1) is 0 Å². The zero-order valence-corrected chi connectivity index (χ0v) is 25.9. The van der Waals surface area contributed by atoms with Gasteiger partial charge in [0.1, 0.15) is 40.5 Å². The third-order valence-corrected chi connectivity index (χ3v) is 9.57. The first kappa shape index (κ1) is 27.0. The third kappa shape index (κ3) is 4.25. The molecule has 0 spiro atoms. The lowest BCUT2D eigenvalue weighted by Crippen LogP contribution is -2.45. The second kappa shape index (κ2) is 10.7. The van der Waals surface area contributed by atoms with Gasteiger partial charge in [-0.2, -0.15) is 0 Å². The van der Waals surface area contributed by atoms with Gasteiger partial charge in [-0.25, -0.2) is 4.99 Å². The van der Waals surface area contributed by atoms with Crippen LogP contribution in [0.4, 0.5) is 0 Å². The van der Waals surface area contributed by atoms with E-state index in [9.17, 15) is 0 Å². The summed E-state index contributed by atoms with van der Waals surface area (Å²) in [5.41, 5.74) is 8.77. The number of para-hydroxylation sites is 3. The van der Waals surface area contributed by atoms with E-state index < -0.39 is 6.17 Å². The minimum absolute atomic E-state index is 0.301. The molecular formula is C43H29N3O2. The van der Waals surface area contributed by atoms with Crippen LogP contribution in [0.15, 0.2) is 165 Å². The van der Waals surface area contributed by atoms with Crippen molar-refractivity contribution in [3.05, 3.63) is 168 Å². The molecule has 0 bridgehead atoms. The lowest BCUT2D eigenvalue weighted by Gasteiger charge is -2.33. The van der Waals surface area contributed by atoms with Crippen molar-refractivity contribution >= 4 is 60.5 Å². The lowest BCUT2D eigenvalue weighted by molar-refractivity contribution is 0.410. The summed E-state index contributed by atoms with van der Waals surface area (Å²) in [5.74, 6) is 0.812. The van der Waals surface area contributed by atoms with E-state index in [0.29, 0.717) is 0 Å². The summed E-state index contributed by atoms with van der Waals surface area (Å²) in [4.78, 5) is 5.43. The molecule has 5 heteroatoms. The summed E-state index contributed by atoms with van der Waals surface area (Å²) in [5, 5.41) is 14.4. The van der Waals surface area contributed by atoms with Crippen LogP contribution >= 0.6 is 0 Å². The molecule has 10 rings (SSSR count). The van der Waals surface area contributed by atoms with Crippen molar-refractivity contribution in [2.75, 3.05) is 0 Å². The van der Waals surface area contributed by atoms with Gasteiger partial charge >= 0.3 is 0 Å². The van der Waals surface area contributed by atoms with Crippen molar-refractivity contribution in [3.63, 3.8) is 0 Å². The van der Waals surface area contributed by atoms with E-state index in [2.05, 4.69) is 132 Å². The van der Waals surface area contributed by atoms with Crippen molar-refractivity contribution in [1.29, 1.82) is 0 Å². The van der Waals surface area contributed by atoms with Gasteiger partial charge in [0.25, 0.3) is 0 Å². The molecule has 9 aromatic rings. The predicted octanol–water partition coefficient (Wildman–Crippen LogP) is 10.6. The van der Waals surface area contributed by atoms with E-state index in [1.165, 1.54) is 10.8 Å². The van der Waals surface area contributed by atoms with Crippen LogP contribution in [0.25, 0.3) is 65.8 Å². The summed E-state index contributed by atoms with van der Waals surface area (Å²) in [6.07, 6.45) is -0.720.